The second kappa shape index (κ2) is 14.0. The minimum absolute atomic E-state index is 0.0367. The molecule has 1 aliphatic carbocycles. The maximum atomic E-state index is 13.7. The number of thioether (sulfide) groups is 1. The molecule has 10 heteroatoms. The Hall–Kier alpha value is -3.24. The van der Waals surface area contributed by atoms with Gasteiger partial charge in [-0.2, -0.15) is 0 Å². The largest absolute Gasteiger partial charge is 0.376 e. The van der Waals surface area contributed by atoms with Crippen molar-refractivity contribution in [1.82, 2.24) is 20.1 Å². The van der Waals surface area contributed by atoms with E-state index in [4.69, 9.17) is 4.74 Å². The zero-order chi connectivity index (χ0) is 30.4. The van der Waals surface area contributed by atoms with Gasteiger partial charge in [0.1, 0.15) is 12.4 Å². The zero-order valence-electron chi connectivity index (χ0n) is 25.4. The van der Waals surface area contributed by atoms with Crippen LogP contribution in [0.15, 0.2) is 53.7 Å². The van der Waals surface area contributed by atoms with Gasteiger partial charge in [-0.3, -0.25) is 14.2 Å². The Kier molecular flexibility index (Phi) is 10.2. The number of benzene rings is 2. The summed E-state index contributed by atoms with van der Waals surface area (Å²) in [6.07, 6.45) is 7.30. The van der Waals surface area contributed by atoms with Crippen LogP contribution in [-0.2, 0) is 26.3 Å². The molecule has 43 heavy (non-hydrogen) atoms. The van der Waals surface area contributed by atoms with Gasteiger partial charge in [-0.15, -0.1) is 10.2 Å². The number of aromatic nitrogens is 3. The Morgan fingerprint density at radius 2 is 1.72 bits per heavy atom. The SMILES string of the molecule is CC(C)(C)c1ccc(-c2nnc(SCC(=O)N(CC(=O)NC3CCCCC3)c3ccc(F)cc3)n2C[C@H]2CCCO2)cc1. The maximum Gasteiger partial charge on any atom is 0.240 e. The van der Waals surface area contributed by atoms with Crippen LogP contribution >= 0.6 is 11.8 Å². The quantitative estimate of drug-likeness (QED) is 0.279. The number of amides is 2. The highest BCUT2D eigenvalue weighted by molar-refractivity contribution is 7.99. The van der Waals surface area contributed by atoms with E-state index in [1.54, 1.807) is 0 Å². The van der Waals surface area contributed by atoms with Crippen LogP contribution in [0.2, 0.25) is 0 Å². The molecule has 1 aliphatic heterocycles. The standard InChI is InChI=1S/C33H42FN5O3S/c1-33(2,3)24-13-11-23(12-14-24)31-36-37-32(39(31)20-28-10-7-19-42-28)43-22-30(41)38(27-17-15-25(34)16-18-27)21-29(40)35-26-8-5-4-6-9-26/h11-18,26,28H,4-10,19-22H2,1-3H3,(H,35,40)/t28-/m1/s1. The van der Waals surface area contributed by atoms with E-state index in [1.165, 1.54) is 52.9 Å². The van der Waals surface area contributed by atoms with Crippen LogP contribution in [0.5, 0.6) is 0 Å². The van der Waals surface area contributed by atoms with E-state index in [2.05, 4.69) is 60.6 Å². The number of hydrogen-bond donors (Lipinski definition) is 1. The molecule has 2 aliphatic rings. The fourth-order valence-corrected chi connectivity index (χ4v) is 6.52. The van der Waals surface area contributed by atoms with Crippen molar-refractivity contribution >= 4 is 29.3 Å². The van der Waals surface area contributed by atoms with Crippen molar-refractivity contribution in [2.45, 2.75) is 95.0 Å². The molecular formula is C33H42FN5O3S. The van der Waals surface area contributed by atoms with Gasteiger partial charge < -0.3 is 15.0 Å². The molecule has 2 fully saturated rings. The lowest BCUT2D eigenvalue weighted by Crippen LogP contribution is -2.45. The summed E-state index contributed by atoms with van der Waals surface area (Å²) >= 11 is 1.29. The van der Waals surface area contributed by atoms with Crippen LogP contribution in [0.25, 0.3) is 11.4 Å². The molecule has 1 saturated heterocycles. The van der Waals surface area contributed by atoms with Gasteiger partial charge in [-0.25, -0.2) is 4.39 Å². The lowest BCUT2D eigenvalue weighted by Gasteiger charge is -2.26. The van der Waals surface area contributed by atoms with Gasteiger partial charge in [-0.05, 0) is 60.9 Å². The number of carbonyl (C=O) groups is 2. The first kappa shape index (κ1) is 31.2. The highest BCUT2D eigenvalue weighted by Gasteiger charge is 2.26. The molecule has 0 unspecified atom stereocenters. The summed E-state index contributed by atoms with van der Waals surface area (Å²) in [4.78, 5) is 28.1. The van der Waals surface area contributed by atoms with Crippen molar-refractivity contribution < 1.29 is 18.7 Å². The summed E-state index contributed by atoms with van der Waals surface area (Å²) in [5, 5.41) is 12.7. The van der Waals surface area contributed by atoms with Crippen molar-refractivity contribution in [3.8, 4) is 11.4 Å². The maximum absolute atomic E-state index is 13.7. The summed E-state index contributed by atoms with van der Waals surface area (Å²) in [6.45, 7) is 7.74. The lowest BCUT2D eigenvalue weighted by atomic mass is 9.87. The highest BCUT2D eigenvalue weighted by Crippen LogP contribution is 2.30. The number of halogens is 1. The Balaban J connectivity index is 1.34. The van der Waals surface area contributed by atoms with E-state index in [0.717, 1.165) is 56.5 Å². The minimum Gasteiger partial charge on any atom is -0.376 e. The monoisotopic (exact) mass is 607 g/mol. The van der Waals surface area contributed by atoms with Crippen molar-refractivity contribution in [2.24, 2.45) is 0 Å². The summed E-state index contributed by atoms with van der Waals surface area (Å²) < 4.78 is 21.7. The number of nitrogens with one attached hydrogen (secondary N) is 1. The molecule has 3 aromatic rings. The van der Waals surface area contributed by atoms with Crippen molar-refractivity contribution in [2.75, 3.05) is 23.8 Å². The molecule has 1 N–H and O–H groups in total. The molecule has 0 bridgehead atoms. The third-order valence-corrected chi connectivity index (χ3v) is 9.12. The third kappa shape index (κ3) is 8.23. The van der Waals surface area contributed by atoms with E-state index >= 15 is 0 Å². The van der Waals surface area contributed by atoms with Gasteiger partial charge in [0.15, 0.2) is 11.0 Å². The zero-order valence-corrected chi connectivity index (χ0v) is 26.2. The van der Waals surface area contributed by atoms with Gasteiger partial charge in [0.25, 0.3) is 0 Å². The Bertz CT molecular complexity index is 1380. The van der Waals surface area contributed by atoms with Gasteiger partial charge in [0.05, 0.1) is 18.4 Å². The predicted octanol–water partition coefficient (Wildman–Crippen LogP) is 6.13. The van der Waals surface area contributed by atoms with Crippen LogP contribution in [0, 0.1) is 5.82 Å². The molecular weight excluding hydrogens is 565 g/mol. The molecule has 5 rings (SSSR count). The number of nitrogens with zero attached hydrogens (tertiary/aromatic N) is 4. The number of rotatable bonds is 10. The predicted molar refractivity (Wildman–Crippen MR) is 168 cm³/mol. The van der Waals surface area contributed by atoms with Crippen LogP contribution in [0.1, 0.15) is 71.3 Å². The van der Waals surface area contributed by atoms with E-state index in [9.17, 15) is 14.0 Å². The second-order valence-corrected chi connectivity index (χ2v) is 13.5. The van der Waals surface area contributed by atoms with E-state index < -0.39 is 5.82 Å². The average molecular weight is 608 g/mol. The van der Waals surface area contributed by atoms with Gasteiger partial charge in [0.2, 0.25) is 11.8 Å². The molecule has 0 spiro atoms. The Morgan fingerprint density at radius 1 is 1.00 bits per heavy atom. The number of ether oxygens (including phenoxy) is 1. The normalized spacial score (nSPS) is 17.6. The molecule has 2 amide bonds. The molecule has 1 saturated carbocycles. The second-order valence-electron chi connectivity index (χ2n) is 12.5. The first-order valence-corrected chi connectivity index (χ1v) is 16.3. The van der Waals surface area contributed by atoms with Crippen LogP contribution < -0.4 is 10.2 Å². The fraction of sp³-hybridized carbons (Fsp3) is 0.515. The summed E-state index contributed by atoms with van der Waals surface area (Å²) in [5.74, 6) is -0.105. The molecule has 1 aromatic heterocycles. The van der Waals surface area contributed by atoms with Crippen LogP contribution in [0.4, 0.5) is 10.1 Å². The number of carbonyl (C=O) groups excluding carboxylic acids is 2. The van der Waals surface area contributed by atoms with Crippen molar-refractivity contribution in [3.63, 3.8) is 0 Å². The Morgan fingerprint density at radius 3 is 2.37 bits per heavy atom. The van der Waals surface area contributed by atoms with Gasteiger partial charge >= 0.3 is 0 Å². The third-order valence-electron chi connectivity index (χ3n) is 8.17. The molecule has 2 heterocycles. The molecule has 2 aromatic carbocycles. The van der Waals surface area contributed by atoms with E-state index in [1.807, 2.05) is 4.57 Å². The van der Waals surface area contributed by atoms with E-state index in [-0.39, 0.29) is 41.7 Å². The topological polar surface area (TPSA) is 89.4 Å². The molecule has 0 radical (unpaired) electrons. The van der Waals surface area contributed by atoms with E-state index in [0.29, 0.717) is 17.4 Å². The van der Waals surface area contributed by atoms with Crippen molar-refractivity contribution in [3.05, 3.63) is 59.9 Å². The summed E-state index contributed by atoms with van der Waals surface area (Å²) in [5.41, 5.74) is 2.69. The molecule has 1 atom stereocenters. The van der Waals surface area contributed by atoms with Crippen LogP contribution in [0.3, 0.4) is 0 Å². The lowest BCUT2D eigenvalue weighted by molar-refractivity contribution is -0.123. The Labute approximate surface area is 257 Å². The van der Waals surface area contributed by atoms with Crippen molar-refractivity contribution in [1.29, 1.82) is 0 Å². The number of hydrogen-bond acceptors (Lipinski definition) is 6. The first-order chi connectivity index (χ1) is 20.7. The smallest absolute Gasteiger partial charge is 0.240 e. The average Bonchev–Trinajstić information content (AvgIpc) is 3.66. The van der Waals surface area contributed by atoms with Gasteiger partial charge in [-0.1, -0.05) is 76.1 Å². The number of anilines is 1. The highest BCUT2D eigenvalue weighted by atomic mass is 32.2. The first-order valence-electron chi connectivity index (χ1n) is 15.3. The van der Waals surface area contributed by atoms with Gasteiger partial charge in [0, 0.05) is 23.9 Å². The fourth-order valence-electron chi connectivity index (χ4n) is 5.70. The van der Waals surface area contributed by atoms with Crippen LogP contribution in [-0.4, -0.2) is 57.6 Å². The summed E-state index contributed by atoms with van der Waals surface area (Å²) in [7, 11) is 0. The minimum atomic E-state index is -0.400. The summed E-state index contributed by atoms with van der Waals surface area (Å²) in [6, 6.07) is 14.2. The molecule has 230 valence electrons. The molecule has 8 nitrogen and oxygen atoms in total.